The molecule has 0 aliphatic carbocycles. The zero-order chi connectivity index (χ0) is 18.5. The number of hydrogen-bond acceptors (Lipinski definition) is 4. The van der Waals surface area contributed by atoms with E-state index >= 15 is 0 Å². The minimum atomic E-state index is -0.0677. The van der Waals surface area contributed by atoms with Crippen molar-refractivity contribution in [3.05, 3.63) is 51.1 Å². The van der Waals surface area contributed by atoms with Crippen molar-refractivity contribution >= 4 is 46.5 Å². The van der Waals surface area contributed by atoms with Crippen molar-refractivity contribution in [2.24, 2.45) is 5.92 Å². The van der Waals surface area contributed by atoms with Crippen molar-refractivity contribution in [1.82, 2.24) is 15.5 Å². The Hall–Kier alpha value is -1.56. The Labute approximate surface area is 167 Å². The lowest BCUT2D eigenvalue weighted by molar-refractivity contribution is -0.125. The molecule has 1 aliphatic heterocycles. The molecule has 138 valence electrons. The second-order valence-corrected chi connectivity index (χ2v) is 7.51. The summed E-state index contributed by atoms with van der Waals surface area (Å²) in [7, 11) is 0. The van der Waals surface area contributed by atoms with Gasteiger partial charge in [-0.3, -0.25) is 4.79 Å². The van der Waals surface area contributed by atoms with Gasteiger partial charge in [0.1, 0.15) is 0 Å². The Morgan fingerprint density at radius 3 is 2.77 bits per heavy atom. The van der Waals surface area contributed by atoms with Gasteiger partial charge in [0.25, 0.3) is 0 Å². The maximum atomic E-state index is 12.5. The zero-order valence-electron chi connectivity index (χ0n) is 14.1. The van der Waals surface area contributed by atoms with Crippen LogP contribution in [0.25, 0.3) is 0 Å². The molecule has 2 aromatic rings. The summed E-state index contributed by atoms with van der Waals surface area (Å²) in [4.78, 5) is 14.6. The number of amides is 1. The third-order valence-electron chi connectivity index (χ3n) is 4.44. The van der Waals surface area contributed by atoms with Crippen molar-refractivity contribution in [2.45, 2.75) is 19.3 Å². The van der Waals surface area contributed by atoms with Crippen molar-refractivity contribution in [3.8, 4) is 0 Å². The third kappa shape index (κ3) is 5.00. The van der Waals surface area contributed by atoms with Crippen molar-refractivity contribution < 1.29 is 4.79 Å². The van der Waals surface area contributed by atoms with E-state index in [1.807, 2.05) is 12.1 Å². The number of aromatic nitrogens is 2. The molecule has 1 amide bonds. The van der Waals surface area contributed by atoms with Crippen molar-refractivity contribution in [3.63, 3.8) is 0 Å². The number of nitrogens with zero attached hydrogens (tertiary/aromatic N) is 3. The van der Waals surface area contributed by atoms with Gasteiger partial charge in [-0.05, 0) is 49.1 Å². The fraction of sp³-hybridized carbons (Fsp3) is 0.389. The van der Waals surface area contributed by atoms with E-state index < -0.39 is 0 Å². The average molecular weight is 414 g/mol. The smallest absolute Gasteiger partial charge is 0.224 e. The molecule has 2 heterocycles. The lowest BCUT2D eigenvalue weighted by Gasteiger charge is -2.32. The van der Waals surface area contributed by atoms with Crippen LogP contribution < -0.4 is 10.2 Å². The SMILES string of the molecule is O=C(NCCc1ccc(Cl)cc1Cl)C1CCCN(c2ccc(Cl)nn2)C1. The highest BCUT2D eigenvalue weighted by atomic mass is 35.5. The fourth-order valence-electron chi connectivity index (χ4n) is 3.07. The summed E-state index contributed by atoms with van der Waals surface area (Å²) in [6, 6.07) is 8.95. The summed E-state index contributed by atoms with van der Waals surface area (Å²) in [6.07, 6.45) is 2.47. The van der Waals surface area contributed by atoms with Gasteiger partial charge in [0.05, 0.1) is 5.92 Å². The number of benzene rings is 1. The van der Waals surface area contributed by atoms with Gasteiger partial charge in [-0.2, -0.15) is 0 Å². The Bertz CT molecular complexity index is 770. The fourth-order valence-corrected chi connectivity index (χ4v) is 3.67. The maximum Gasteiger partial charge on any atom is 0.224 e. The zero-order valence-corrected chi connectivity index (χ0v) is 16.4. The molecule has 1 saturated heterocycles. The molecular formula is C18H19Cl3N4O. The molecule has 1 fully saturated rings. The van der Waals surface area contributed by atoms with Crippen LogP contribution in [0.15, 0.2) is 30.3 Å². The van der Waals surface area contributed by atoms with Crippen LogP contribution in [0.2, 0.25) is 15.2 Å². The molecular weight excluding hydrogens is 395 g/mol. The first kappa shape index (κ1) is 19.2. The van der Waals surface area contributed by atoms with Crippen LogP contribution in [0.3, 0.4) is 0 Å². The number of piperidine rings is 1. The van der Waals surface area contributed by atoms with E-state index in [0.717, 1.165) is 30.8 Å². The molecule has 1 aromatic heterocycles. The van der Waals surface area contributed by atoms with Gasteiger partial charge in [-0.15, -0.1) is 10.2 Å². The summed E-state index contributed by atoms with van der Waals surface area (Å²) >= 11 is 17.8. The molecule has 0 bridgehead atoms. The first-order valence-corrected chi connectivity index (χ1v) is 9.62. The summed E-state index contributed by atoms with van der Waals surface area (Å²) in [5.41, 5.74) is 0.970. The molecule has 0 saturated carbocycles. The molecule has 1 aliphatic rings. The van der Waals surface area contributed by atoms with Crippen LogP contribution in [0, 0.1) is 5.92 Å². The van der Waals surface area contributed by atoms with E-state index in [4.69, 9.17) is 34.8 Å². The molecule has 0 spiro atoms. The Kier molecular flexibility index (Phi) is 6.57. The predicted molar refractivity (Wildman–Crippen MR) is 105 cm³/mol. The van der Waals surface area contributed by atoms with Gasteiger partial charge < -0.3 is 10.2 Å². The molecule has 5 nitrogen and oxygen atoms in total. The van der Waals surface area contributed by atoms with E-state index in [1.54, 1.807) is 18.2 Å². The summed E-state index contributed by atoms with van der Waals surface area (Å²) in [5.74, 6) is 0.739. The van der Waals surface area contributed by atoms with Crippen molar-refractivity contribution in [1.29, 1.82) is 0 Å². The Morgan fingerprint density at radius 2 is 2.04 bits per heavy atom. The highest BCUT2D eigenvalue weighted by Crippen LogP contribution is 2.23. The molecule has 1 unspecified atom stereocenters. The second-order valence-electron chi connectivity index (χ2n) is 6.28. The first-order chi connectivity index (χ1) is 12.5. The minimum Gasteiger partial charge on any atom is -0.355 e. The molecule has 1 N–H and O–H groups in total. The number of carbonyl (C=O) groups excluding carboxylic acids is 1. The van der Waals surface area contributed by atoms with E-state index in [9.17, 15) is 4.79 Å². The maximum absolute atomic E-state index is 12.5. The number of rotatable bonds is 5. The van der Waals surface area contributed by atoms with Crippen LogP contribution in [-0.4, -0.2) is 35.7 Å². The predicted octanol–water partition coefficient (Wildman–Crippen LogP) is 4.01. The van der Waals surface area contributed by atoms with Gasteiger partial charge in [0.2, 0.25) is 5.91 Å². The third-order valence-corrected chi connectivity index (χ3v) is 5.23. The van der Waals surface area contributed by atoms with Crippen LogP contribution in [0.4, 0.5) is 5.82 Å². The number of anilines is 1. The highest BCUT2D eigenvalue weighted by molar-refractivity contribution is 6.35. The number of hydrogen-bond donors (Lipinski definition) is 1. The van der Waals surface area contributed by atoms with Gasteiger partial charge in [-0.25, -0.2) is 0 Å². The van der Waals surface area contributed by atoms with E-state index in [2.05, 4.69) is 20.4 Å². The second kappa shape index (κ2) is 8.89. The summed E-state index contributed by atoms with van der Waals surface area (Å²) in [6.45, 7) is 2.03. The van der Waals surface area contributed by atoms with Gasteiger partial charge in [0, 0.05) is 29.7 Å². The van der Waals surface area contributed by atoms with E-state index in [0.29, 0.717) is 34.7 Å². The average Bonchev–Trinajstić information content (AvgIpc) is 2.64. The quantitative estimate of drug-likeness (QED) is 0.804. The van der Waals surface area contributed by atoms with Gasteiger partial charge in [-0.1, -0.05) is 40.9 Å². The highest BCUT2D eigenvalue weighted by Gasteiger charge is 2.26. The van der Waals surface area contributed by atoms with E-state index in [1.165, 1.54) is 0 Å². The number of carbonyl (C=O) groups is 1. The Morgan fingerprint density at radius 1 is 1.19 bits per heavy atom. The topological polar surface area (TPSA) is 58.1 Å². The standard InChI is InChI=1S/C18H19Cl3N4O/c19-14-4-3-12(15(20)10-14)7-8-22-18(26)13-2-1-9-25(11-13)17-6-5-16(21)23-24-17/h3-6,10,13H,1-2,7-9,11H2,(H,22,26). The van der Waals surface area contributed by atoms with Gasteiger partial charge >= 0.3 is 0 Å². The summed E-state index contributed by atoms with van der Waals surface area (Å²) < 4.78 is 0. The molecule has 26 heavy (non-hydrogen) atoms. The molecule has 8 heteroatoms. The normalized spacial score (nSPS) is 17.2. The molecule has 1 aromatic carbocycles. The van der Waals surface area contributed by atoms with E-state index in [-0.39, 0.29) is 11.8 Å². The monoisotopic (exact) mass is 412 g/mol. The first-order valence-electron chi connectivity index (χ1n) is 8.49. The number of halogens is 3. The largest absolute Gasteiger partial charge is 0.355 e. The van der Waals surface area contributed by atoms with Crippen LogP contribution in [0.1, 0.15) is 18.4 Å². The lowest BCUT2D eigenvalue weighted by Crippen LogP contribution is -2.43. The van der Waals surface area contributed by atoms with Crippen LogP contribution in [0.5, 0.6) is 0 Å². The van der Waals surface area contributed by atoms with Crippen LogP contribution >= 0.6 is 34.8 Å². The number of nitrogens with one attached hydrogen (secondary N) is 1. The Balaban J connectivity index is 1.51. The summed E-state index contributed by atoms with van der Waals surface area (Å²) in [5, 5.41) is 12.6. The van der Waals surface area contributed by atoms with Crippen LogP contribution in [-0.2, 0) is 11.2 Å². The van der Waals surface area contributed by atoms with Crippen molar-refractivity contribution in [2.75, 3.05) is 24.5 Å². The molecule has 0 radical (unpaired) electrons. The van der Waals surface area contributed by atoms with Gasteiger partial charge in [0.15, 0.2) is 11.0 Å². The minimum absolute atomic E-state index is 0.0571. The molecule has 3 rings (SSSR count). The molecule has 1 atom stereocenters. The lowest BCUT2D eigenvalue weighted by atomic mass is 9.97.